The molecule has 1 aromatic heterocycles. The van der Waals surface area contributed by atoms with Crippen molar-refractivity contribution >= 4 is 16.9 Å². The highest BCUT2D eigenvalue weighted by Crippen LogP contribution is 2.45. The van der Waals surface area contributed by atoms with Crippen LogP contribution >= 0.6 is 0 Å². The van der Waals surface area contributed by atoms with E-state index >= 15 is 0 Å². The maximum absolute atomic E-state index is 12.3. The number of hydrogen-bond donors (Lipinski definition) is 1. The van der Waals surface area contributed by atoms with Gasteiger partial charge in [-0.25, -0.2) is 9.59 Å². The standard InChI is InChI=1S/C19H20O6/c1-5-10(2)18(22)24-16-14-12(25-19(3,4)17(16)21)8-6-11-7-9-13(20)23-15(11)14/h5-9,16-17,21H,1-4H3/b10-5+/t16-,17+/m1/s1. The van der Waals surface area contributed by atoms with Crippen LogP contribution in [0.2, 0.25) is 0 Å². The van der Waals surface area contributed by atoms with Crippen molar-refractivity contribution in [2.45, 2.75) is 45.5 Å². The molecule has 0 saturated carbocycles. The minimum atomic E-state index is -1.13. The molecule has 2 atom stereocenters. The topological polar surface area (TPSA) is 86.0 Å². The van der Waals surface area contributed by atoms with Crippen molar-refractivity contribution in [2.75, 3.05) is 0 Å². The van der Waals surface area contributed by atoms with Gasteiger partial charge in [-0.3, -0.25) is 0 Å². The van der Waals surface area contributed by atoms with Crippen molar-refractivity contribution in [2.24, 2.45) is 0 Å². The minimum absolute atomic E-state index is 0.246. The molecule has 2 aromatic rings. The Hall–Kier alpha value is -2.60. The molecule has 0 aliphatic carbocycles. The lowest BCUT2D eigenvalue weighted by atomic mass is 9.87. The quantitative estimate of drug-likeness (QED) is 0.512. The van der Waals surface area contributed by atoms with Gasteiger partial charge in [0.15, 0.2) is 6.10 Å². The van der Waals surface area contributed by atoms with E-state index in [0.717, 1.165) is 0 Å². The molecule has 2 heterocycles. The molecular weight excluding hydrogens is 324 g/mol. The van der Waals surface area contributed by atoms with E-state index in [0.29, 0.717) is 22.3 Å². The van der Waals surface area contributed by atoms with Crippen molar-refractivity contribution in [3.63, 3.8) is 0 Å². The fourth-order valence-electron chi connectivity index (χ4n) is 2.81. The molecule has 1 aliphatic heterocycles. The first-order valence-corrected chi connectivity index (χ1v) is 8.02. The van der Waals surface area contributed by atoms with Gasteiger partial charge in [-0.2, -0.15) is 0 Å². The summed E-state index contributed by atoms with van der Waals surface area (Å²) in [5.41, 5.74) is -0.491. The SMILES string of the molecule is C/C=C(\C)C(=O)O[C@@H]1c2c(ccc3ccc(=O)oc23)OC(C)(C)[C@H]1O. The molecule has 0 fully saturated rings. The van der Waals surface area contributed by atoms with E-state index in [-0.39, 0.29) is 5.58 Å². The number of aliphatic hydroxyl groups is 1. The Kier molecular flexibility index (Phi) is 4.16. The third kappa shape index (κ3) is 2.93. The molecule has 1 aromatic carbocycles. The van der Waals surface area contributed by atoms with Crippen molar-refractivity contribution < 1.29 is 23.8 Å². The van der Waals surface area contributed by atoms with E-state index in [4.69, 9.17) is 13.9 Å². The first-order chi connectivity index (χ1) is 11.7. The molecule has 132 valence electrons. The second kappa shape index (κ2) is 6.04. The molecule has 1 N–H and O–H groups in total. The zero-order valence-corrected chi connectivity index (χ0v) is 14.5. The van der Waals surface area contributed by atoms with Crippen molar-refractivity contribution in [1.82, 2.24) is 0 Å². The summed E-state index contributed by atoms with van der Waals surface area (Å²) >= 11 is 0. The molecule has 0 saturated heterocycles. The second-order valence-electron chi connectivity index (χ2n) is 6.60. The Morgan fingerprint density at radius 2 is 1.96 bits per heavy atom. The van der Waals surface area contributed by atoms with Crippen molar-refractivity contribution in [1.29, 1.82) is 0 Å². The van der Waals surface area contributed by atoms with Gasteiger partial charge < -0.3 is 19.0 Å². The predicted molar refractivity (Wildman–Crippen MR) is 91.5 cm³/mol. The van der Waals surface area contributed by atoms with Gasteiger partial charge in [0.1, 0.15) is 23.0 Å². The van der Waals surface area contributed by atoms with Crippen LogP contribution in [0.1, 0.15) is 39.4 Å². The lowest BCUT2D eigenvalue weighted by Crippen LogP contribution is -2.50. The fourth-order valence-corrected chi connectivity index (χ4v) is 2.81. The number of allylic oxidation sites excluding steroid dienone is 1. The number of carbonyl (C=O) groups is 1. The fraction of sp³-hybridized carbons (Fsp3) is 0.368. The van der Waals surface area contributed by atoms with Crippen LogP contribution in [0.15, 0.2) is 45.1 Å². The maximum Gasteiger partial charge on any atom is 0.336 e. The smallest absolute Gasteiger partial charge is 0.336 e. The van der Waals surface area contributed by atoms with Crippen molar-refractivity contribution in [3.8, 4) is 5.75 Å². The van der Waals surface area contributed by atoms with E-state index in [2.05, 4.69) is 0 Å². The van der Waals surface area contributed by atoms with Crippen LogP contribution in [-0.4, -0.2) is 22.8 Å². The number of benzene rings is 1. The molecule has 0 radical (unpaired) electrons. The molecule has 0 bridgehead atoms. The Balaban J connectivity index is 2.22. The molecule has 6 nitrogen and oxygen atoms in total. The van der Waals surface area contributed by atoms with Gasteiger partial charge in [-0.15, -0.1) is 0 Å². The number of fused-ring (bicyclic) bond motifs is 3. The summed E-state index contributed by atoms with van der Waals surface area (Å²) < 4.78 is 16.7. The molecule has 0 spiro atoms. The highest BCUT2D eigenvalue weighted by molar-refractivity contribution is 5.89. The van der Waals surface area contributed by atoms with Gasteiger partial charge in [0.05, 0.1) is 5.56 Å². The highest BCUT2D eigenvalue weighted by atomic mass is 16.6. The number of hydrogen-bond acceptors (Lipinski definition) is 6. The zero-order chi connectivity index (χ0) is 18.4. The van der Waals surface area contributed by atoms with Crippen LogP contribution < -0.4 is 10.4 Å². The van der Waals surface area contributed by atoms with E-state index in [1.54, 1.807) is 52.0 Å². The van der Waals surface area contributed by atoms with Crippen LogP contribution in [0.5, 0.6) is 5.75 Å². The number of rotatable bonds is 2. The minimum Gasteiger partial charge on any atom is -0.484 e. The largest absolute Gasteiger partial charge is 0.484 e. The first-order valence-electron chi connectivity index (χ1n) is 8.02. The van der Waals surface area contributed by atoms with Crippen LogP contribution in [0.4, 0.5) is 0 Å². The zero-order valence-electron chi connectivity index (χ0n) is 14.5. The van der Waals surface area contributed by atoms with Gasteiger partial charge in [0.2, 0.25) is 0 Å². The average molecular weight is 344 g/mol. The lowest BCUT2D eigenvalue weighted by Gasteiger charge is -2.41. The number of carbonyl (C=O) groups excluding carboxylic acids is 1. The molecule has 3 rings (SSSR count). The second-order valence-corrected chi connectivity index (χ2v) is 6.60. The maximum atomic E-state index is 12.3. The van der Waals surface area contributed by atoms with Gasteiger partial charge in [-0.1, -0.05) is 6.08 Å². The van der Waals surface area contributed by atoms with Gasteiger partial charge in [0.25, 0.3) is 0 Å². The Morgan fingerprint density at radius 1 is 1.28 bits per heavy atom. The number of aliphatic hydroxyl groups excluding tert-OH is 1. The Morgan fingerprint density at radius 3 is 2.64 bits per heavy atom. The van der Waals surface area contributed by atoms with Gasteiger partial charge in [-0.05, 0) is 45.9 Å². The summed E-state index contributed by atoms with van der Waals surface area (Å²) in [5, 5.41) is 11.4. The summed E-state index contributed by atoms with van der Waals surface area (Å²) in [4.78, 5) is 24.0. The lowest BCUT2D eigenvalue weighted by molar-refractivity contribution is -0.166. The summed E-state index contributed by atoms with van der Waals surface area (Å²) in [6, 6.07) is 6.39. The van der Waals surface area contributed by atoms with E-state index < -0.39 is 29.4 Å². The van der Waals surface area contributed by atoms with Crippen LogP contribution in [0, 0.1) is 0 Å². The van der Waals surface area contributed by atoms with E-state index in [1.165, 1.54) is 6.07 Å². The molecule has 1 aliphatic rings. The summed E-state index contributed by atoms with van der Waals surface area (Å²) in [7, 11) is 0. The summed E-state index contributed by atoms with van der Waals surface area (Å²) in [6.45, 7) is 6.76. The predicted octanol–water partition coefficient (Wildman–Crippen LogP) is 2.88. The highest BCUT2D eigenvalue weighted by Gasteiger charge is 2.46. The van der Waals surface area contributed by atoms with E-state index in [1.807, 2.05) is 0 Å². The summed E-state index contributed by atoms with van der Waals surface area (Å²) in [6.07, 6.45) is -0.524. The molecule has 6 heteroatoms. The number of ether oxygens (including phenoxy) is 2. The summed E-state index contributed by atoms with van der Waals surface area (Å²) in [5.74, 6) is -0.140. The molecular formula is C19H20O6. The van der Waals surface area contributed by atoms with E-state index in [9.17, 15) is 14.7 Å². The first kappa shape index (κ1) is 17.2. The molecule has 0 unspecified atom stereocenters. The molecule has 0 amide bonds. The van der Waals surface area contributed by atoms with Crippen LogP contribution in [-0.2, 0) is 9.53 Å². The van der Waals surface area contributed by atoms with Crippen LogP contribution in [0.3, 0.4) is 0 Å². The van der Waals surface area contributed by atoms with Gasteiger partial charge in [0, 0.05) is 17.0 Å². The van der Waals surface area contributed by atoms with Gasteiger partial charge >= 0.3 is 11.6 Å². The Bertz CT molecular complexity index is 921. The van der Waals surface area contributed by atoms with Crippen LogP contribution in [0.25, 0.3) is 11.0 Å². The third-order valence-corrected chi connectivity index (χ3v) is 4.43. The monoisotopic (exact) mass is 344 g/mol. The molecule has 25 heavy (non-hydrogen) atoms. The average Bonchev–Trinajstić information content (AvgIpc) is 2.57. The normalized spacial score (nSPS) is 22.2. The third-order valence-electron chi connectivity index (χ3n) is 4.43. The Labute approximate surface area is 144 Å². The van der Waals surface area contributed by atoms with Crippen molar-refractivity contribution in [3.05, 3.63) is 51.9 Å². The number of esters is 1.